The molecule has 0 aliphatic carbocycles. The third-order valence-electron chi connectivity index (χ3n) is 4.37. The predicted molar refractivity (Wildman–Crippen MR) is 85.6 cm³/mol. The number of carbonyl (C=O) groups excluding carboxylic acids is 2. The van der Waals surface area contributed by atoms with Gasteiger partial charge in [-0.25, -0.2) is 0 Å². The second-order valence-electron chi connectivity index (χ2n) is 6.32. The molecule has 0 bridgehead atoms. The molecule has 126 valence electrons. The summed E-state index contributed by atoms with van der Waals surface area (Å²) in [5.41, 5.74) is 0. The minimum atomic E-state index is 0.122. The van der Waals surface area contributed by atoms with E-state index in [1.54, 1.807) is 19.0 Å². The van der Waals surface area contributed by atoms with Crippen molar-refractivity contribution in [1.29, 1.82) is 0 Å². The van der Waals surface area contributed by atoms with E-state index in [0.29, 0.717) is 13.1 Å². The molecule has 22 heavy (non-hydrogen) atoms. The van der Waals surface area contributed by atoms with Gasteiger partial charge < -0.3 is 15.1 Å². The van der Waals surface area contributed by atoms with Crippen LogP contribution < -0.4 is 5.32 Å². The van der Waals surface area contributed by atoms with Crippen LogP contribution in [0.1, 0.15) is 6.42 Å². The number of hydrogen-bond acceptors (Lipinski definition) is 5. The van der Waals surface area contributed by atoms with Crippen molar-refractivity contribution in [3.8, 4) is 0 Å². The van der Waals surface area contributed by atoms with E-state index in [9.17, 15) is 9.59 Å². The first kappa shape index (κ1) is 17.2. The normalized spacial score (nSPS) is 21.5. The summed E-state index contributed by atoms with van der Waals surface area (Å²) in [5.74, 6) is 0.345. The summed E-state index contributed by atoms with van der Waals surface area (Å²) in [7, 11) is 3.55. The minimum Gasteiger partial charge on any atom is -0.348 e. The fraction of sp³-hybridized carbons (Fsp3) is 0.867. The number of amides is 2. The molecule has 0 saturated carbocycles. The van der Waals surface area contributed by atoms with Gasteiger partial charge in [0.1, 0.15) is 0 Å². The monoisotopic (exact) mass is 311 g/mol. The number of likely N-dealkylation sites (N-methyl/N-ethyl adjacent to an activating group) is 1. The van der Waals surface area contributed by atoms with Crippen molar-refractivity contribution in [2.24, 2.45) is 0 Å². The van der Waals surface area contributed by atoms with Crippen LogP contribution in [0.3, 0.4) is 0 Å². The molecular weight excluding hydrogens is 282 g/mol. The first-order valence-corrected chi connectivity index (χ1v) is 8.19. The summed E-state index contributed by atoms with van der Waals surface area (Å²) in [5, 5.41) is 3.35. The van der Waals surface area contributed by atoms with Crippen molar-refractivity contribution in [2.75, 3.05) is 79.5 Å². The van der Waals surface area contributed by atoms with Gasteiger partial charge in [-0.1, -0.05) is 0 Å². The number of nitrogens with one attached hydrogen (secondary N) is 1. The van der Waals surface area contributed by atoms with Gasteiger partial charge in [-0.05, 0) is 19.5 Å². The zero-order valence-electron chi connectivity index (χ0n) is 13.9. The molecule has 2 aliphatic rings. The Morgan fingerprint density at radius 2 is 1.59 bits per heavy atom. The van der Waals surface area contributed by atoms with E-state index in [-0.39, 0.29) is 11.8 Å². The lowest BCUT2D eigenvalue weighted by Gasteiger charge is -2.35. The quantitative estimate of drug-likeness (QED) is 0.686. The summed E-state index contributed by atoms with van der Waals surface area (Å²) < 4.78 is 0. The van der Waals surface area contributed by atoms with Crippen LogP contribution in [0.25, 0.3) is 0 Å². The van der Waals surface area contributed by atoms with Crippen LogP contribution in [0, 0.1) is 0 Å². The Labute approximate surface area is 133 Å². The molecule has 2 aliphatic heterocycles. The summed E-state index contributed by atoms with van der Waals surface area (Å²) in [4.78, 5) is 32.0. The maximum Gasteiger partial charge on any atom is 0.236 e. The summed E-state index contributed by atoms with van der Waals surface area (Å²) in [6, 6.07) is 0. The molecule has 0 atom stereocenters. The zero-order valence-corrected chi connectivity index (χ0v) is 13.9. The Kier molecular flexibility index (Phi) is 6.60. The highest BCUT2D eigenvalue weighted by Crippen LogP contribution is 2.04. The van der Waals surface area contributed by atoms with E-state index in [1.165, 1.54) is 0 Å². The predicted octanol–water partition coefficient (Wildman–Crippen LogP) is -1.49. The standard InChI is InChI=1S/C15H29N5O2/c1-17(2)14(21)12-19-8-10-20(11-9-19)15(22)13-18-6-3-4-16-5-7-18/h16H,3-13H2,1-2H3. The van der Waals surface area contributed by atoms with Crippen molar-refractivity contribution < 1.29 is 9.59 Å². The highest BCUT2D eigenvalue weighted by atomic mass is 16.2. The molecule has 7 heteroatoms. The average Bonchev–Trinajstić information content (AvgIpc) is 2.76. The molecule has 7 nitrogen and oxygen atoms in total. The smallest absolute Gasteiger partial charge is 0.236 e. The number of carbonyl (C=O) groups is 2. The van der Waals surface area contributed by atoms with Crippen molar-refractivity contribution in [3.63, 3.8) is 0 Å². The third-order valence-corrected chi connectivity index (χ3v) is 4.37. The van der Waals surface area contributed by atoms with Gasteiger partial charge in [0.15, 0.2) is 0 Å². The Morgan fingerprint density at radius 3 is 2.27 bits per heavy atom. The molecule has 0 unspecified atom stereocenters. The maximum absolute atomic E-state index is 12.4. The molecule has 2 amide bonds. The van der Waals surface area contributed by atoms with Gasteiger partial charge in [-0.2, -0.15) is 0 Å². The van der Waals surface area contributed by atoms with Gasteiger partial charge in [-0.3, -0.25) is 19.4 Å². The van der Waals surface area contributed by atoms with Crippen LogP contribution >= 0.6 is 0 Å². The van der Waals surface area contributed by atoms with Crippen LogP contribution in [0.15, 0.2) is 0 Å². The summed E-state index contributed by atoms with van der Waals surface area (Å²) in [6.45, 7) is 7.96. The molecule has 2 rings (SSSR count). The molecule has 2 fully saturated rings. The fourth-order valence-corrected chi connectivity index (χ4v) is 2.84. The van der Waals surface area contributed by atoms with Crippen molar-refractivity contribution in [3.05, 3.63) is 0 Å². The topological polar surface area (TPSA) is 59.1 Å². The van der Waals surface area contributed by atoms with E-state index in [1.807, 2.05) is 4.90 Å². The van der Waals surface area contributed by atoms with Crippen LogP contribution in [-0.4, -0.2) is 111 Å². The van der Waals surface area contributed by atoms with Gasteiger partial charge >= 0.3 is 0 Å². The lowest BCUT2D eigenvalue weighted by Crippen LogP contribution is -2.53. The van der Waals surface area contributed by atoms with Crippen LogP contribution in [-0.2, 0) is 9.59 Å². The van der Waals surface area contributed by atoms with Crippen molar-refractivity contribution in [2.45, 2.75) is 6.42 Å². The Morgan fingerprint density at radius 1 is 0.909 bits per heavy atom. The van der Waals surface area contributed by atoms with E-state index < -0.39 is 0 Å². The van der Waals surface area contributed by atoms with Crippen LogP contribution in [0.4, 0.5) is 0 Å². The fourth-order valence-electron chi connectivity index (χ4n) is 2.84. The van der Waals surface area contributed by atoms with E-state index >= 15 is 0 Å². The minimum absolute atomic E-state index is 0.122. The lowest BCUT2D eigenvalue weighted by atomic mass is 10.3. The zero-order chi connectivity index (χ0) is 15.9. The Bertz CT molecular complexity index is 372. The SMILES string of the molecule is CN(C)C(=O)CN1CCN(C(=O)CN2CCCNCC2)CC1. The molecule has 1 N–H and O–H groups in total. The molecule has 0 aromatic heterocycles. The molecule has 0 radical (unpaired) electrons. The van der Waals surface area contributed by atoms with Crippen molar-refractivity contribution in [1.82, 2.24) is 24.9 Å². The van der Waals surface area contributed by atoms with E-state index in [4.69, 9.17) is 0 Å². The number of piperazine rings is 1. The van der Waals surface area contributed by atoms with Gasteiger partial charge in [0.25, 0.3) is 0 Å². The summed E-state index contributed by atoms with van der Waals surface area (Å²) >= 11 is 0. The number of nitrogens with zero attached hydrogens (tertiary/aromatic N) is 4. The van der Waals surface area contributed by atoms with E-state index in [2.05, 4.69) is 15.1 Å². The third kappa shape index (κ3) is 5.23. The molecule has 0 spiro atoms. The molecular formula is C15H29N5O2. The van der Waals surface area contributed by atoms with E-state index in [0.717, 1.165) is 58.8 Å². The van der Waals surface area contributed by atoms with Gasteiger partial charge in [-0.15, -0.1) is 0 Å². The highest BCUT2D eigenvalue weighted by Gasteiger charge is 2.24. The lowest BCUT2D eigenvalue weighted by molar-refractivity contribution is -0.135. The van der Waals surface area contributed by atoms with Crippen LogP contribution in [0.5, 0.6) is 0 Å². The first-order chi connectivity index (χ1) is 10.6. The second kappa shape index (κ2) is 8.45. The van der Waals surface area contributed by atoms with Gasteiger partial charge in [0.2, 0.25) is 11.8 Å². The first-order valence-electron chi connectivity index (χ1n) is 8.19. The Balaban J connectivity index is 1.71. The maximum atomic E-state index is 12.4. The number of rotatable bonds is 4. The molecule has 0 aromatic rings. The van der Waals surface area contributed by atoms with Crippen LogP contribution in [0.2, 0.25) is 0 Å². The molecule has 0 aromatic carbocycles. The summed E-state index contributed by atoms with van der Waals surface area (Å²) in [6.07, 6.45) is 1.10. The largest absolute Gasteiger partial charge is 0.348 e. The Hall–Kier alpha value is -1.18. The molecule has 2 saturated heterocycles. The van der Waals surface area contributed by atoms with Gasteiger partial charge in [0.05, 0.1) is 13.1 Å². The number of hydrogen-bond donors (Lipinski definition) is 1. The van der Waals surface area contributed by atoms with Crippen molar-refractivity contribution >= 4 is 11.8 Å². The second-order valence-corrected chi connectivity index (χ2v) is 6.32. The average molecular weight is 311 g/mol. The highest BCUT2D eigenvalue weighted by molar-refractivity contribution is 5.79. The molecule has 2 heterocycles. The van der Waals surface area contributed by atoms with Gasteiger partial charge in [0, 0.05) is 53.4 Å².